The minimum Gasteiger partial charge on any atom is -0.367 e. The SMILES string of the molecule is C[C@H](NCc1cc[nH]c1)c1cccnc1. The summed E-state index contributed by atoms with van der Waals surface area (Å²) in [5.41, 5.74) is 2.48. The van der Waals surface area contributed by atoms with Crippen molar-refractivity contribution in [1.29, 1.82) is 0 Å². The second kappa shape index (κ2) is 4.75. The molecule has 3 heteroatoms. The molecule has 0 saturated carbocycles. The minimum atomic E-state index is 0.327. The van der Waals surface area contributed by atoms with Gasteiger partial charge in [-0.25, -0.2) is 0 Å². The lowest BCUT2D eigenvalue weighted by Gasteiger charge is -2.12. The number of pyridine rings is 1. The standard InChI is InChI=1S/C12H15N3/c1-10(12-3-2-5-13-9-12)15-8-11-4-6-14-7-11/h2-7,9-10,14-15H,8H2,1H3/t10-/m0/s1. The van der Waals surface area contributed by atoms with E-state index in [2.05, 4.69) is 34.3 Å². The molecular weight excluding hydrogens is 186 g/mol. The smallest absolute Gasteiger partial charge is 0.0315 e. The van der Waals surface area contributed by atoms with Crippen molar-refractivity contribution in [2.75, 3.05) is 0 Å². The van der Waals surface area contributed by atoms with Gasteiger partial charge >= 0.3 is 0 Å². The van der Waals surface area contributed by atoms with E-state index in [1.54, 1.807) is 6.20 Å². The highest BCUT2D eigenvalue weighted by Gasteiger charge is 2.03. The van der Waals surface area contributed by atoms with Crippen LogP contribution in [0, 0.1) is 0 Å². The van der Waals surface area contributed by atoms with Crippen LogP contribution in [0.1, 0.15) is 24.1 Å². The van der Waals surface area contributed by atoms with E-state index in [1.807, 2.05) is 24.7 Å². The molecule has 0 fully saturated rings. The molecule has 2 rings (SSSR count). The van der Waals surface area contributed by atoms with Crippen LogP contribution in [0.3, 0.4) is 0 Å². The van der Waals surface area contributed by atoms with Crippen molar-refractivity contribution in [3.63, 3.8) is 0 Å². The van der Waals surface area contributed by atoms with Crippen LogP contribution in [-0.4, -0.2) is 9.97 Å². The summed E-state index contributed by atoms with van der Waals surface area (Å²) >= 11 is 0. The lowest BCUT2D eigenvalue weighted by atomic mass is 10.1. The van der Waals surface area contributed by atoms with E-state index in [0.717, 1.165) is 6.54 Å². The van der Waals surface area contributed by atoms with Crippen LogP contribution in [0.4, 0.5) is 0 Å². The molecule has 0 unspecified atom stereocenters. The van der Waals surface area contributed by atoms with Crippen molar-refractivity contribution >= 4 is 0 Å². The summed E-state index contributed by atoms with van der Waals surface area (Å²) in [6.07, 6.45) is 7.63. The lowest BCUT2D eigenvalue weighted by Crippen LogP contribution is -2.17. The number of rotatable bonds is 4. The maximum atomic E-state index is 4.10. The van der Waals surface area contributed by atoms with Gasteiger partial charge in [-0.1, -0.05) is 6.07 Å². The van der Waals surface area contributed by atoms with Crippen molar-refractivity contribution in [3.05, 3.63) is 54.1 Å². The Balaban J connectivity index is 1.90. The van der Waals surface area contributed by atoms with Gasteiger partial charge in [-0.15, -0.1) is 0 Å². The lowest BCUT2D eigenvalue weighted by molar-refractivity contribution is 0.573. The molecule has 0 radical (unpaired) electrons. The van der Waals surface area contributed by atoms with Crippen LogP contribution in [0.5, 0.6) is 0 Å². The number of hydrogen-bond donors (Lipinski definition) is 2. The number of aromatic amines is 1. The van der Waals surface area contributed by atoms with E-state index in [0.29, 0.717) is 6.04 Å². The van der Waals surface area contributed by atoms with Gasteiger partial charge in [0.2, 0.25) is 0 Å². The molecule has 0 aliphatic heterocycles. The summed E-state index contributed by atoms with van der Waals surface area (Å²) < 4.78 is 0. The summed E-state index contributed by atoms with van der Waals surface area (Å²) in [4.78, 5) is 7.15. The highest BCUT2D eigenvalue weighted by molar-refractivity contribution is 5.14. The zero-order valence-electron chi connectivity index (χ0n) is 8.77. The van der Waals surface area contributed by atoms with E-state index in [-0.39, 0.29) is 0 Å². The molecule has 0 aliphatic rings. The molecule has 0 spiro atoms. The maximum absolute atomic E-state index is 4.10. The molecule has 0 bridgehead atoms. The van der Waals surface area contributed by atoms with Gasteiger partial charge in [0.15, 0.2) is 0 Å². The topological polar surface area (TPSA) is 40.7 Å². The predicted octanol–water partition coefficient (Wildman–Crippen LogP) is 2.26. The summed E-state index contributed by atoms with van der Waals surface area (Å²) in [7, 11) is 0. The second-order valence-corrected chi connectivity index (χ2v) is 3.61. The first-order chi connectivity index (χ1) is 7.36. The molecule has 15 heavy (non-hydrogen) atoms. The predicted molar refractivity (Wildman–Crippen MR) is 60.3 cm³/mol. The molecular formula is C12H15N3. The second-order valence-electron chi connectivity index (χ2n) is 3.61. The molecule has 3 nitrogen and oxygen atoms in total. The first-order valence-corrected chi connectivity index (χ1v) is 5.11. The van der Waals surface area contributed by atoms with Crippen LogP contribution in [0.15, 0.2) is 43.0 Å². The Kier molecular flexibility index (Phi) is 3.15. The van der Waals surface area contributed by atoms with Crippen molar-refractivity contribution in [2.45, 2.75) is 19.5 Å². The average molecular weight is 201 g/mol. The number of aromatic nitrogens is 2. The normalized spacial score (nSPS) is 12.6. The fourth-order valence-corrected chi connectivity index (χ4v) is 1.49. The molecule has 0 saturated heterocycles. The molecule has 0 aromatic carbocycles. The van der Waals surface area contributed by atoms with Gasteiger partial charge < -0.3 is 10.3 Å². The van der Waals surface area contributed by atoms with E-state index in [9.17, 15) is 0 Å². The van der Waals surface area contributed by atoms with Gasteiger partial charge in [-0.2, -0.15) is 0 Å². The summed E-state index contributed by atoms with van der Waals surface area (Å²) in [6, 6.07) is 6.45. The fraction of sp³-hybridized carbons (Fsp3) is 0.250. The average Bonchev–Trinajstić information content (AvgIpc) is 2.80. The van der Waals surface area contributed by atoms with E-state index >= 15 is 0 Å². The molecule has 2 N–H and O–H groups in total. The van der Waals surface area contributed by atoms with Crippen molar-refractivity contribution in [2.24, 2.45) is 0 Å². The quantitative estimate of drug-likeness (QED) is 0.796. The first-order valence-electron chi connectivity index (χ1n) is 5.11. The van der Waals surface area contributed by atoms with Crippen LogP contribution in [0.2, 0.25) is 0 Å². The van der Waals surface area contributed by atoms with Gasteiger partial charge in [0.1, 0.15) is 0 Å². The van der Waals surface area contributed by atoms with Gasteiger partial charge in [0.05, 0.1) is 0 Å². The molecule has 0 aliphatic carbocycles. The van der Waals surface area contributed by atoms with Gasteiger partial charge in [0.25, 0.3) is 0 Å². The zero-order valence-corrected chi connectivity index (χ0v) is 8.77. The highest BCUT2D eigenvalue weighted by atomic mass is 14.9. The summed E-state index contributed by atoms with van der Waals surface area (Å²) in [5.74, 6) is 0. The van der Waals surface area contributed by atoms with Crippen LogP contribution in [0.25, 0.3) is 0 Å². The van der Waals surface area contributed by atoms with Crippen LogP contribution >= 0.6 is 0 Å². The van der Waals surface area contributed by atoms with Crippen molar-refractivity contribution < 1.29 is 0 Å². The Morgan fingerprint density at radius 1 is 1.47 bits per heavy atom. The van der Waals surface area contributed by atoms with Crippen molar-refractivity contribution in [3.8, 4) is 0 Å². The molecule has 2 aromatic heterocycles. The summed E-state index contributed by atoms with van der Waals surface area (Å²) in [5, 5.41) is 3.44. The van der Waals surface area contributed by atoms with E-state index in [4.69, 9.17) is 0 Å². The number of nitrogens with one attached hydrogen (secondary N) is 2. The van der Waals surface area contributed by atoms with E-state index < -0.39 is 0 Å². The zero-order chi connectivity index (χ0) is 10.5. The molecule has 2 aromatic rings. The third kappa shape index (κ3) is 2.67. The largest absolute Gasteiger partial charge is 0.367 e. The fourth-order valence-electron chi connectivity index (χ4n) is 1.49. The molecule has 78 valence electrons. The maximum Gasteiger partial charge on any atom is 0.0315 e. The highest BCUT2D eigenvalue weighted by Crippen LogP contribution is 2.10. The van der Waals surface area contributed by atoms with Gasteiger partial charge in [-0.05, 0) is 30.2 Å². The van der Waals surface area contributed by atoms with Crippen LogP contribution in [-0.2, 0) is 6.54 Å². The first kappa shape index (κ1) is 9.93. The van der Waals surface area contributed by atoms with Gasteiger partial charge in [0, 0.05) is 37.4 Å². The Bertz CT molecular complexity index is 381. The third-order valence-corrected chi connectivity index (χ3v) is 2.46. The Labute approximate surface area is 89.6 Å². The Morgan fingerprint density at radius 2 is 2.40 bits per heavy atom. The molecule has 1 atom stereocenters. The van der Waals surface area contributed by atoms with Crippen molar-refractivity contribution in [1.82, 2.24) is 15.3 Å². The summed E-state index contributed by atoms with van der Waals surface area (Å²) in [6.45, 7) is 3.02. The number of nitrogens with zero attached hydrogens (tertiary/aromatic N) is 1. The third-order valence-electron chi connectivity index (χ3n) is 2.46. The Hall–Kier alpha value is -1.61. The monoisotopic (exact) mass is 201 g/mol. The number of H-pyrrole nitrogens is 1. The molecule has 2 heterocycles. The van der Waals surface area contributed by atoms with E-state index in [1.165, 1.54) is 11.1 Å². The molecule has 0 amide bonds. The number of hydrogen-bond acceptors (Lipinski definition) is 2. The van der Waals surface area contributed by atoms with Gasteiger partial charge in [-0.3, -0.25) is 4.98 Å². The van der Waals surface area contributed by atoms with Crippen LogP contribution < -0.4 is 5.32 Å². The minimum absolute atomic E-state index is 0.327. The Morgan fingerprint density at radius 3 is 3.07 bits per heavy atom.